The first-order valence-corrected chi connectivity index (χ1v) is 11.0. The predicted octanol–water partition coefficient (Wildman–Crippen LogP) is 4.22. The van der Waals surface area contributed by atoms with E-state index in [1.54, 1.807) is 24.5 Å². The summed E-state index contributed by atoms with van der Waals surface area (Å²) in [5.74, 6) is 1.80. The fourth-order valence-corrected chi connectivity index (χ4v) is 4.43. The molecule has 9 heteroatoms. The van der Waals surface area contributed by atoms with Crippen LogP contribution in [0.3, 0.4) is 0 Å². The van der Waals surface area contributed by atoms with Crippen molar-refractivity contribution < 1.29 is 13.9 Å². The predicted molar refractivity (Wildman–Crippen MR) is 116 cm³/mol. The number of nitrogens with zero attached hydrogens (tertiary/aromatic N) is 4. The number of amides is 1. The lowest BCUT2D eigenvalue weighted by Gasteiger charge is -2.30. The van der Waals surface area contributed by atoms with Crippen molar-refractivity contribution >= 4 is 17.2 Å². The van der Waals surface area contributed by atoms with Crippen molar-refractivity contribution in [3.63, 3.8) is 0 Å². The molecule has 0 radical (unpaired) electrons. The first-order valence-electron chi connectivity index (χ1n) is 10.1. The van der Waals surface area contributed by atoms with E-state index in [2.05, 4.69) is 20.4 Å². The second-order valence-electron chi connectivity index (χ2n) is 7.45. The smallest absolute Gasteiger partial charge is 0.271 e. The number of aromatic amines is 1. The molecular weight excluding hydrogens is 414 g/mol. The molecule has 1 aliphatic rings. The van der Waals surface area contributed by atoms with Crippen molar-refractivity contribution in [1.82, 2.24) is 25.3 Å². The molecule has 8 nitrogen and oxygen atoms in total. The highest BCUT2D eigenvalue weighted by Gasteiger charge is 2.30. The highest BCUT2D eigenvalue weighted by molar-refractivity contribution is 7.08. The van der Waals surface area contributed by atoms with E-state index in [4.69, 9.17) is 9.15 Å². The Morgan fingerprint density at radius 1 is 1.26 bits per heavy atom. The summed E-state index contributed by atoms with van der Waals surface area (Å²) in [6.45, 7) is 1.23. The molecular formula is C22H21N5O3S. The molecule has 158 valence electrons. The van der Waals surface area contributed by atoms with E-state index in [0.29, 0.717) is 36.3 Å². The number of thiophene rings is 1. The number of benzene rings is 1. The minimum Gasteiger partial charge on any atom is -0.497 e. The molecule has 31 heavy (non-hydrogen) atoms. The zero-order valence-corrected chi connectivity index (χ0v) is 17.8. The lowest BCUT2D eigenvalue weighted by atomic mass is 9.97. The molecule has 1 amide bonds. The minimum absolute atomic E-state index is 0.0263. The van der Waals surface area contributed by atoms with Crippen LogP contribution in [0, 0.1) is 0 Å². The van der Waals surface area contributed by atoms with Gasteiger partial charge in [-0.25, -0.2) is 0 Å². The van der Waals surface area contributed by atoms with Gasteiger partial charge in [0.25, 0.3) is 5.91 Å². The van der Waals surface area contributed by atoms with Gasteiger partial charge in [0.1, 0.15) is 11.4 Å². The van der Waals surface area contributed by atoms with Crippen LogP contribution >= 0.6 is 11.3 Å². The minimum atomic E-state index is -0.0797. The molecule has 1 N–H and O–H groups in total. The van der Waals surface area contributed by atoms with Gasteiger partial charge in [0.05, 0.1) is 18.7 Å². The summed E-state index contributed by atoms with van der Waals surface area (Å²) in [6, 6.07) is 11.3. The van der Waals surface area contributed by atoms with Gasteiger partial charge in [0.15, 0.2) is 0 Å². The molecule has 4 aromatic rings. The van der Waals surface area contributed by atoms with Gasteiger partial charge in [0, 0.05) is 29.6 Å². The van der Waals surface area contributed by atoms with Crippen LogP contribution in [0.4, 0.5) is 0 Å². The third-order valence-corrected chi connectivity index (χ3v) is 6.12. The number of methoxy groups -OCH3 is 1. The number of hydrogen-bond donors (Lipinski definition) is 1. The molecule has 4 heterocycles. The van der Waals surface area contributed by atoms with Gasteiger partial charge in [-0.3, -0.25) is 9.89 Å². The van der Waals surface area contributed by atoms with Crippen LogP contribution in [-0.4, -0.2) is 51.4 Å². The second kappa shape index (κ2) is 8.35. The normalized spacial score (nSPS) is 16.4. The standard InChI is InChI=1S/C22H21N5O3S/c1-29-17-6-2-4-14(10-17)18-11-19(24-23-18)22(28)27-8-3-5-15(12-27)20-25-26-21(30-20)16-7-9-31-13-16/h2,4,6-7,9-11,13,15H,3,5,8,12H2,1H3,(H,23,24). The number of aromatic nitrogens is 4. The van der Waals surface area contributed by atoms with Crippen molar-refractivity contribution in [3.05, 3.63) is 58.7 Å². The number of nitrogens with one attached hydrogen (secondary N) is 1. The third kappa shape index (κ3) is 3.96. The van der Waals surface area contributed by atoms with E-state index < -0.39 is 0 Å². The summed E-state index contributed by atoms with van der Waals surface area (Å²) in [5.41, 5.74) is 2.98. The van der Waals surface area contributed by atoms with Crippen molar-refractivity contribution in [2.45, 2.75) is 18.8 Å². The molecule has 0 aliphatic carbocycles. The monoisotopic (exact) mass is 435 g/mol. The molecule has 3 aromatic heterocycles. The molecule has 1 aliphatic heterocycles. The van der Waals surface area contributed by atoms with Crippen LogP contribution in [0.1, 0.15) is 35.1 Å². The molecule has 1 atom stereocenters. The van der Waals surface area contributed by atoms with Gasteiger partial charge in [0.2, 0.25) is 11.8 Å². The summed E-state index contributed by atoms with van der Waals surface area (Å²) < 4.78 is 11.2. The van der Waals surface area contributed by atoms with Crippen LogP contribution < -0.4 is 4.74 Å². The van der Waals surface area contributed by atoms with Crippen LogP contribution in [0.5, 0.6) is 5.75 Å². The van der Waals surface area contributed by atoms with Gasteiger partial charge < -0.3 is 14.1 Å². The van der Waals surface area contributed by atoms with Gasteiger partial charge in [-0.2, -0.15) is 16.4 Å². The maximum atomic E-state index is 13.1. The van der Waals surface area contributed by atoms with Gasteiger partial charge in [-0.05, 0) is 42.5 Å². The Morgan fingerprint density at radius 3 is 3.03 bits per heavy atom. The average Bonchev–Trinajstić information content (AvgIpc) is 3.59. The Labute approximate surface area is 182 Å². The van der Waals surface area contributed by atoms with E-state index in [9.17, 15) is 4.79 Å². The van der Waals surface area contributed by atoms with Crippen LogP contribution in [0.15, 0.2) is 51.6 Å². The molecule has 0 saturated carbocycles. The zero-order chi connectivity index (χ0) is 21.2. The molecule has 5 rings (SSSR count). The van der Waals surface area contributed by atoms with Gasteiger partial charge in [-0.1, -0.05) is 12.1 Å². The largest absolute Gasteiger partial charge is 0.497 e. The SMILES string of the molecule is COc1cccc(-c2cc(C(=O)N3CCCC(c4nnc(-c5ccsc5)o4)C3)[nH]n2)c1. The maximum absolute atomic E-state index is 13.1. The zero-order valence-electron chi connectivity index (χ0n) is 16.9. The van der Waals surface area contributed by atoms with Crippen LogP contribution in [0.25, 0.3) is 22.7 Å². The summed E-state index contributed by atoms with van der Waals surface area (Å²) in [4.78, 5) is 14.9. The summed E-state index contributed by atoms with van der Waals surface area (Å²) in [6.07, 6.45) is 1.79. The lowest BCUT2D eigenvalue weighted by Crippen LogP contribution is -2.39. The fourth-order valence-electron chi connectivity index (χ4n) is 3.80. The number of piperidine rings is 1. The molecule has 0 spiro atoms. The van der Waals surface area contributed by atoms with Gasteiger partial charge >= 0.3 is 0 Å². The number of H-pyrrole nitrogens is 1. The van der Waals surface area contributed by atoms with Crippen molar-refractivity contribution in [3.8, 4) is 28.5 Å². The highest BCUT2D eigenvalue weighted by atomic mass is 32.1. The Hall–Kier alpha value is -3.46. The number of rotatable bonds is 5. The quantitative estimate of drug-likeness (QED) is 0.504. The Morgan fingerprint density at radius 2 is 2.19 bits per heavy atom. The fraction of sp³-hybridized carbons (Fsp3) is 0.273. The average molecular weight is 436 g/mol. The summed E-state index contributed by atoms with van der Waals surface area (Å²) in [5, 5.41) is 19.6. The van der Waals surface area contributed by atoms with E-state index in [0.717, 1.165) is 29.7 Å². The van der Waals surface area contributed by atoms with E-state index in [1.807, 2.05) is 46.0 Å². The van der Waals surface area contributed by atoms with Crippen molar-refractivity contribution in [2.75, 3.05) is 20.2 Å². The molecule has 1 unspecified atom stereocenters. The maximum Gasteiger partial charge on any atom is 0.271 e. The lowest BCUT2D eigenvalue weighted by molar-refractivity contribution is 0.0692. The number of carbonyl (C=O) groups excluding carboxylic acids is 1. The van der Waals surface area contributed by atoms with Crippen LogP contribution in [0.2, 0.25) is 0 Å². The third-order valence-electron chi connectivity index (χ3n) is 5.44. The van der Waals surface area contributed by atoms with E-state index in [-0.39, 0.29) is 11.8 Å². The van der Waals surface area contributed by atoms with Gasteiger partial charge in [-0.15, -0.1) is 10.2 Å². The Kier molecular flexibility index (Phi) is 5.25. The van der Waals surface area contributed by atoms with Crippen molar-refractivity contribution in [2.24, 2.45) is 0 Å². The number of likely N-dealkylation sites (tertiary alicyclic amines) is 1. The summed E-state index contributed by atoms with van der Waals surface area (Å²) >= 11 is 1.59. The molecule has 0 bridgehead atoms. The highest BCUT2D eigenvalue weighted by Crippen LogP contribution is 2.30. The first-order chi connectivity index (χ1) is 15.2. The Balaban J connectivity index is 1.30. The van der Waals surface area contributed by atoms with E-state index >= 15 is 0 Å². The number of hydrogen-bond acceptors (Lipinski definition) is 7. The topological polar surface area (TPSA) is 97.1 Å². The molecule has 1 fully saturated rings. The number of carbonyl (C=O) groups is 1. The van der Waals surface area contributed by atoms with Crippen molar-refractivity contribution in [1.29, 1.82) is 0 Å². The molecule has 1 aromatic carbocycles. The Bertz CT molecular complexity index is 1180. The molecule has 1 saturated heterocycles. The van der Waals surface area contributed by atoms with E-state index in [1.165, 1.54) is 0 Å². The summed E-state index contributed by atoms with van der Waals surface area (Å²) in [7, 11) is 1.62. The number of ether oxygens (including phenoxy) is 1. The van der Waals surface area contributed by atoms with Crippen LogP contribution in [-0.2, 0) is 0 Å². The first kappa shape index (κ1) is 19.5. The second-order valence-corrected chi connectivity index (χ2v) is 8.23.